The summed E-state index contributed by atoms with van der Waals surface area (Å²) >= 11 is 1.76. The normalized spacial score (nSPS) is 34.3. The number of aryl methyl sites for hydroxylation is 1. The molecule has 1 N–H and O–H groups in total. The van der Waals surface area contributed by atoms with E-state index in [-0.39, 0.29) is 10.8 Å². The molecule has 1 aromatic rings. The van der Waals surface area contributed by atoms with Crippen molar-refractivity contribution in [2.24, 2.45) is 22.7 Å². The van der Waals surface area contributed by atoms with Crippen molar-refractivity contribution in [1.29, 1.82) is 0 Å². The summed E-state index contributed by atoms with van der Waals surface area (Å²) in [4.78, 5) is 18.8. The molecule has 1 aromatic heterocycles. The first-order valence-corrected chi connectivity index (χ1v) is 12.2. The highest BCUT2D eigenvalue weighted by Gasteiger charge is 2.42. The predicted molar refractivity (Wildman–Crippen MR) is 116 cm³/mol. The number of amides is 1. The number of likely N-dealkylation sites (tertiary alicyclic amines) is 1. The molecule has 30 heavy (non-hydrogen) atoms. The van der Waals surface area contributed by atoms with Crippen molar-refractivity contribution < 1.29 is 14.1 Å². The van der Waals surface area contributed by atoms with Gasteiger partial charge in [-0.3, -0.25) is 4.79 Å². The Bertz CT molecular complexity index is 819. The number of hydrogen-bond donors (Lipinski definition) is 1. The van der Waals surface area contributed by atoms with Crippen LogP contribution in [-0.2, 0) is 4.74 Å². The SMILES string of the molecule is Cc1cc(C(=O)N2CCC(CC3(C)OCN=C(N[C@H]4C[C@@H]5CC[C@H]4C5)S3)CC2)no1. The largest absolute Gasteiger partial charge is 0.362 e. The number of nitrogens with zero attached hydrogens (tertiary/aromatic N) is 3. The molecule has 2 aliphatic heterocycles. The van der Waals surface area contributed by atoms with E-state index >= 15 is 0 Å². The first-order chi connectivity index (χ1) is 14.5. The molecule has 4 atom stereocenters. The number of carbonyl (C=O) groups excluding carboxylic acids is 1. The molecule has 1 unspecified atom stereocenters. The van der Waals surface area contributed by atoms with Crippen LogP contribution < -0.4 is 5.32 Å². The lowest BCUT2D eigenvalue weighted by Crippen LogP contribution is -2.44. The van der Waals surface area contributed by atoms with Crippen LogP contribution in [0.1, 0.15) is 68.1 Å². The summed E-state index contributed by atoms with van der Waals surface area (Å²) in [6.07, 6.45) is 8.47. The summed E-state index contributed by atoms with van der Waals surface area (Å²) < 4.78 is 11.2. The minimum atomic E-state index is -0.248. The molecule has 1 saturated heterocycles. The standard InChI is InChI=1S/C22H32N4O3S/c1-14-9-19(25-29-14)20(27)26-7-5-15(6-8-26)12-22(2)28-13-23-21(30-22)24-18-11-16-3-4-17(18)10-16/h9,15-18H,3-8,10-13H2,1-2H3,(H,23,24)/t16-,17+,18+,22?/m1/s1. The van der Waals surface area contributed by atoms with Crippen molar-refractivity contribution in [3.63, 3.8) is 0 Å². The van der Waals surface area contributed by atoms with Crippen molar-refractivity contribution in [3.8, 4) is 0 Å². The van der Waals surface area contributed by atoms with Gasteiger partial charge in [0.05, 0.1) is 0 Å². The van der Waals surface area contributed by atoms with Gasteiger partial charge in [-0.15, -0.1) is 0 Å². The van der Waals surface area contributed by atoms with Gasteiger partial charge in [0.15, 0.2) is 10.9 Å². The fraction of sp³-hybridized carbons (Fsp3) is 0.773. The lowest BCUT2D eigenvalue weighted by atomic mass is 9.91. The monoisotopic (exact) mass is 432 g/mol. The zero-order valence-electron chi connectivity index (χ0n) is 17.9. The Kier molecular flexibility index (Phi) is 5.56. The van der Waals surface area contributed by atoms with Gasteiger partial charge in [-0.05, 0) is 70.1 Å². The first kappa shape index (κ1) is 20.4. The fourth-order valence-electron chi connectivity index (χ4n) is 5.74. The molecule has 3 fully saturated rings. The smallest absolute Gasteiger partial charge is 0.276 e. The second-order valence-electron chi connectivity index (χ2n) is 9.66. The lowest BCUT2D eigenvalue weighted by Gasteiger charge is -2.39. The lowest BCUT2D eigenvalue weighted by molar-refractivity contribution is 0.0160. The zero-order valence-corrected chi connectivity index (χ0v) is 18.7. The quantitative estimate of drug-likeness (QED) is 0.780. The maximum absolute atomic E-state index is 12.6. The van der Waals surface area contributed by atoms with E-state index < -0.39 is 0 Å². The van der Waals surface area contributed by atoms with E-state index in [9.17, 15) is 4.79 Å². The van der Waals surface area contributed by atoms with E-state index in [0.717, 1.165) is 49.4 Å². The molecule has 4 aliphatic rings. The van der Waals surface area contributed by atoms with E-state index in [1.54, 1.807) is 17.8 Å². The third kappa shape index (κ3) is 4.26. The fourth-order valence-corrected chi connectivity index (χ4v) is 6.91. The van der Waals surface area contributed by atoms with E-state index in [0.29, 0.717) is 30.1 Å². The van der Waals surface area contributed by atoms with Crippen LogP contribution in [0.5, 0.6) is 0 Å². The molecule has 0 radical (unpaired) electrons. The van der Waals surface area contributed by atoms with Crippen LogP contribution in [0.4, 0.5) is 0 Å². The van der Waals surface area contributed by atoms with Gasteiger partial charge >= 0.3 is 0 Å². The third-order valence-electron chi connectivity index (χ3n) is 7.35. The topological polar surface area (TPSA) is 80.0 Å². The highest BCUT2D eigenvalue weighted by molar-refractivity contribution is 8.14. The minimum Gasteiger partial charge on any atom is -0.362 e. The van der Waals surface area contributed by atoms with Crippen molar-refractivity contribution in [1.82, 2.24) is 15.4 Å². The molecular weight excluding hydrogens is 400 g/mol. The predicted octanol–water partition coefficient (Wildman–Crippen LogP) is 3.80. The number of aromatic nitrogens is 1. The Labute approximate surface area is 182 Å². The van der Waals surface area contributed by atoms with Crippen molar-refractivity contribution in [2.75, 3.05) is 19.8 Å². The average molecular weight is 433 g/mol. The van der Waals surface area contributed by atoms with Crippen molar-refractivity contribution in [3.05, 3.63) is 17.5 Å². The summed E-state index contributed by atoms with van der Waals surface area (Å²) in [6.45, 7) is 5.98. The number of ether oxygens (including phenoxy) is 1. The minimum absolute atomic E-state index is 0.0238. The molecule has 3 heterocycles. The molecule has 7 nitrogen and oxygen atoms in total. The molecule has 164 valence electrons. The molecule has 1 amide bonds. The van der Waals surface area contributed by atoms with Crippen molar-refractivity contribution in [2.45, 2.75) is 69.8 Å². The Morgan fingerprint density at radius 1 is 1.30 bits per heavy atom. The van der Waals surface area contributed by atoms with Crippen LogP contribution in [-0.4, -0.2) is 51.9 Å². The number of thioether (sulfide) groups is 1. The third-order valence-corrected chi connectivity index (χ3v) is 8.50. The molecular formula is C22H32N4O3S. The number of rotatable bonds is 4. The van der Waals surface area contributed by atoms with Crippen LogP contribution in [0.2, 0.25) is 0 Å². The summed E-state index contributed by atoms with van der Waals surface area (Å²) in [5.74, 6) is 2.96. The number of fused-ring (bicyclic) bond motifs is 2. The number of amidine groups is 1. The average Bonchev–Trinajstić information content (AvgIpc) is 3.45. The van der Waals surface area contributed by atoms with E-state index in [1.165, 1.54) is 25.7 Å². The molecule has 0 aromatic carbocycles. The molecule has 0 spiro atoms. The van der Waals surface area contributed by atoms with Gasteiger partial charge in [0, 0.05) is 25.2 Å². The number of hydrogen-bond acceptors (Lipinski definition) is 7. The van der Waals surface area contributed by atoms with E-state index in [2.05, 4.69) is 22.4 Å². The van der Waals surface area contributed by atoms with Gasteiger partial charge in [0.2, 0.25) is 0 Å². The van der Waals surface area contributed by atoms with E-state index in [4.69, 9.17) is 9.26 Å². The van der Waals surface area contributed by atoms with Gasteiger partial charge < -0.3 is 19.5 Å². The molecule has 2 saturated carbocycles. The van der Waals surface area contributed by atoms with Gasteiger partial charge in [-0.2, -0.15) is 0 Å². The van der Waals surface area contributed by atoms with Gasteiger partial charge in [0.1, 0.15) is 17.4 Å². The van der Waals surface area contributed by atoms with Gasteiger partial charge in [-0.1, -0.05) is 23.3 Å². The Hall–Kier alpha value is -1.54. The van der Waals surface area contributed by atoms with Crippen LogP contribution in [0.25, 0.3) is 0 Å². The zero-order chi connectivity index (χ0) is 20.7. The van der Waals surface area contributed by atoms with Crippen LogP contribution >= 0.6 is 11.8 Å². The summed E-state index contributed by atoms with van der Waals surface area (Å²) in [5, 5.41) is 8.68. The maximum Gasteiger partial charge on any atom is 0.276 e. The number of nitrogens with one attached hydrogen (secondary N) is 1. The summed E-state index contributed by atoms with van der Waals surface area (Å²) in [5.41, 5.74) is 0.414. The van der Waals surface area contributed by atoms with E-state index in [1.807, 2.05) is 11.8 Å². The number of carbonyl (C=O) groups is 1. The molecule has 8 heteroatoms. The number of aliphatic imine (C=N–C) groups is 1. The second kappa shape index (κ2) is 8.19. The Morgan fingerprint density at radius 3 is 2.80 bits per heavy atom. The highest BCUT2D eigenvalue weighted by Crippen LogP contribution is 2.45. The maximum atomic E-state index is 12.6. The molecule has 2 bridgehead atoms. The highest BCUT2D eigenvalue weighted by atomic mass is 32.2. The van der Waals surface area contributed by atoms with Gasteiger partial charge in [0.25, 0.3) is 5.91 Å². The summed E-state index contributed by atoms with van der Waals surface area (Å²) in [6, 6.07) is 2.32. The Balaban J connectivity index is 1.12. The summed E-state index contributed by atoms with van der Waals surface area (Å²) in [7, 11) is 0. The van der Waals surface area contributed by atoms with Crippen LogP contribution in [0.3, 0.4) is 0 Å². The molecule has 5 rings (SSSR count). The number of piperidine rings is 1. The first-order valence-electron chi connectivity index (χ1n) is 11.3. The van der Waals surface area contributed by atoms with Crippen molar-refractivity contribution >= 4 is 22.8 Å². The molecule has 2 aliphatic carbocycles. The Morgan fingerprint density at radius 2 is 2.13 bits per heavy atom. The second-order valence-corrected chi connectivity index (χ2v) is 11.1. The van der Waals surface area contributed by atoms with Crippen LogP contribution in [0, 0.1) is 24.7 Å². The van der Waals surface area contributed by atoms with Crippen LogP contribution in [0.15, 0.2) is 15.6 Å². The van der Waals surface area contributed by atoms with Gasteiger partial charge in [-0.25, -0.2) is 4.99 Å².